The summed E-state index contributed by atoms with van der Waals surface area (Å²) in [5.74, 6) is -2.65. The molecule has 1 N–H and O–H groups in total. The lowest BCUT2D eigenvalue weighted by molar-refractivity contribution is -0.138. The molecule has 3 rings (SSSR count). The van der Waals surface area contributed by atoms with Crippen LogP contribution >= 0.6 is 0 Å². The van der Waals surface area contributed by atoms with Crippen LogP contribution in [0.3, 0.4) is 0 Å². The molecule has 1 fully saturated rings. The molecular formula is C18H21F2N3O2. The number of aliphatic carboxylic acids is 1. The molecule has 0 atom stereocenters. The standard InChI is InChI=1S/C18H21F2N3O2/c1-11-9-15(13-3-4-14(19)17(20)18(13)21-11)23-7-5-12(6-8-23)22(2)10-16(24)25/h3-4,9,12H,5-8,10H2,1-2H3,(H,24,25). The van der Waals surface area contributed by atoms with Crippen molar-refractivity contribution in [3.05, 3.63) is 35.5 Å². The van der Waals surface area contributed by atoms with Crippen molar-refractivity contribution in [2.24, 2.45) is 0 Å². The van der Waals surface area contributed by atoms with Gasteiger partial charge in [-0.15, -0.1) is 0 Å². The maximum Gasteiger partial charge on any atom is 0.317 e. The van der Waals surface area contributed by atoms with Gasteiger partial charge in [0, 0.05) is 35.9 Å². The van der Waals surface area contributed by atoms with Crippen LogP contribution in [0.5, 0.6) is 0 Å². The monoisotopic (exact) mass is 349 g/mol. The number of pyridine rings is 1. The van der Waals surface area contributed by atoms with Crippen molar-refractivity contribution in [2.45, 2.75) is 25.8 Å². The van der Waals surface area contributed by atoms with Crippen molar-refractivity contribution in [3.63, 3.8) is 0 Å². The normalized spacial score (nSPS) is 16.0. The van der Waals surface area contributed by atoms with E-state index in [1.807, 2.05) is 18.0 Å². The third-order valence-electron chi connectivity index (χ3n) is 4.79. The van der Waals surface area contributed by atoms with Crippen LogP contribution in [-0.2, 0) is 4.79 Å². The van der Waals surface area contributed by atoms with Gasteiger partial charge in [-0.1, -0.05) is 0 Å². The number of piperidine rings is 1. The molecule has 2 heterocycles. The highest BCUT2D eigenvalue weighted by molar-refractivity contribution is 5.92. The summed E-state index contributed by atoms with van der Waals surface area (Å²) in [5, 5.41) is 9.52. The zero-order valence-electron chi connectivity index (χ0n) is 14.3. The topological polar surface area (TPSA) is 56.7 Å². The number of nitrogens with zero attached hydrogens (tertiary/aromatic N) is 3. The van der Waals surface area contributed by atoms with Crippen molar-refractivity contribution in [2.75, 3.05) is 31.6 Å². The van der Waals surface area contributed by atoms with Gasteiger partial charge in [0.1, 0.15) is 5.52 Å². The van der Waals surface area contributed by atoms with E-state index in [-0.39, 0.29) is 18.1 Å². The SMILES string of the molecule is Cc1cc(N2CCC(N(C)CC(=O)O)CC2)c2ccc(F)c(F)c2n1. The Hall–Kier alpha value is -2.28. The average molecular weight is 349 g/mol. The number of fused-ring (bicyclic) bond motifs is 1. The Morgan fingerprint density at radius 3 is 2.68 bits per heavy atom. The van der Waals surface area contributed by atoms with Gasteiger partial charge in [-0.05, 0) is 45.0 Å². The van der Waals surface area contributed by atoms with E-state index in [0.29, 0.717) is 11.1 Å². The smallest absolute Gasteiger partial charge is 0.317 e. The van der Waals surface area contributed by atoms with Gasteiger partial charge in [-0.3, -0.25) is 9.69 Å². The summed E-state index contributed by atoms with van der Waals surface area (Å²) in [7, 11) is 1.82. The number of halogens is 2. The fraction of sp³-hybridized carbons (Fsp3) is 0.444. The van der Waals surface area contributed by atoms with Gasteiger partial charge in [0.05, 0.1) is 6.54 Å². The van der Waals surface area contributed by atoms with Crippen LogP contribution in [0.4, 0.5) is 14.5 Å². The molecule has 0 aliphatic carbocycles. The summed E-state index contributed by atoms with van der Waals surface area (Å²) < 4.78 is 27.6. The largest absolute Gasteiger partial charge is 0.480 e. The number of hydrogen-bond acceptors (Lipinski definition) is 4. The summed E-state index contributed by atoms with van der Waals surface area (Å²) in [6.45, 7) is 3.24. The Balaban J connectivity index is 1.84. The first kappa shape index (κ1) is 17.5. The van der Waals surface area contributed by atoms with Crippen LogP contribution in [0.2, 0.25) is 0 Å². The van der Waals surface area contributed by atoms with E-state index in [4.69, 9.17) is 5.11 Å². The molecule has 5 nitrogen and oxygen atoms in total. The minimum atomic E-state index is -0.918. The fourth-order valence-electron chi connectivity index (χ4n) is 3.49. The second-order valence-corrected chi connectivity index (χ2v) is 6.57. The third kappa shape index (κ3) is 3.56. The predicted octanol–water partition coefficient (Wildman–Crippen LogP) is 2.81. The number of carboxylic acids is 1. The summed E-state index contributed by atoms with van der Waals surface area (Å²) in [5.41, 5.74) is 1.54. The van der Waals surface area contributed by atoms with Gasteiger partial charge in [-0.2, -0.15) is 0 Å². The number of benzene rings is 1. The van der Waals surface area contributed by atoms with Crippen molar-refractivity contribution >= 4 is 22.6 Å². The van der Waals surface area contributed by atoms with Crippen molar-refractivity contribution in [1.82, 2.24) is 9.88 Å². The Bertz CT molecular complexity index is 804. The Labute approximate surface area is 144 Å². The molecule has 0 saturated carbocycles. The predicted molar refractivity (Wildman–Crippen MR) is 91.9 cm³/mol. The Kier molecular flexibility index (Phi) is 4.85. The Morgan fingerprint density at radius 1 is 1.36 bits per heavy atom. The first-order valence-electron chi connectivity index (χ1n) is 8.29. The van der Waals surface area contributed by atoms with Gasteiger partial charge in [0.15, 0.2) is 11.6 Å². The number of aryl methyl sites for hydroxylation is 1. The lowest BCUT2D eigenvalue weighted by atomic mass is 10.0. The van der Waals surface area contributed by atoms with E-state index in [2.05, 4.69) is 9.88 Å². The van der Waals surface area contributed by atoms with Crippen LogP contribution in [0.15, 0.2) is 18.2 Å². The number of carboxylic acid groups (broad SMARTS) is 1. The zero-order valence-corrected chi connectivity index (χ0v) is 14.3. The van der Waals surface area contributed by atoms with E-state index in [0.717, 1.165) is 37.7 Å². The Morgan fingerprint density at radius 2 is 2.04 bits per heavy atom. The number of carbonyl (C=O) groups is 1. The maximum atomic E-state index is 14.1. The molecule has 1 saturated heterocycles. The van der Waals surface area contributed by atoms with E-state index < -0.39 is 17.6 Å². The fourth-order valence-corrected chi connectivity index (χ4v) is 3.49. The van der Waals surface area contributed by atoms with Gasteiger partial charge >= 0.3 is 5.97 Å². The number of rotatable bonds is 4. The second kappa shape index (κ2) is 6.92. The molecular weight excluding hydrogens is 328 g/mol. The van der Waals surface area contributed by atoms with Crippen LogP contribution in [0.1, 0.15) is 18.5 Å². The maximum absolute atomic E-state index is 14.1. The molecule has 2 aromatic rings. The molecule has 0 unspecified atom stereocenters. The van der Waals surface area contributed by atoms with Crippen molar-refractivity contribution < 1.29 is 18.7 Å². The average Bonchev–Trinajstić information content (AvgIpc) is 2.57. The quantitative estimate of drug-likeness (QED) is 0.920. The highest BCUT2D eigenvalue weighted by atomic mass is 19.2. The molecule has 7 heteroatoms. The van der Waals surface area contributed by atoms with Gasteiger partial charge in [0.25, 0.3) is 0 Å². The molecule has 25 heavy (non-hydrogen) atoms. The second-order valence-electron chi connectivity index (χ2n) is 6.57. The number of likely N-dealkylation sites (N-methyl/N-ethyl adjacent to an activating group) is 1. The molecule has 134 valence electrons. The zero-order chi connectivity index (χ0) is 18.1. The van der Waals surface area contributed by atoms with Gasteiger partial charge < -0.3 is 10.0 Å². The molecule has 1 aliphatic heterocycles. The third-order valence-corrected chi connectivity index (χ3v) is 4.79. The van der Waals surface area contributed by atoms with Crippen LogP contribution in [-0.4, -0.2) is 53.7 Å². The van der Waals surface area contributed by atoms with E-state index >= 15 is 0 Å². The minimum absolute atomic E-state index is 0.0203. The summed E-state index contributed by atoms with van der Waals surface area (Å²) in [6, 6.07) is 4.79. The highest BCUT2D eigenvalue weighted by Crippen LogP contribution is 2.31. The molecule has 0 radical (unpaired) electrons. The number of anilines is 1. The number of hydrogen-bond donors (Lipinski definition) is 1. The molecule has 0 bridgehead atoms. The molecule has 0 amide bonds. The summed E-state index contributed by atoms with van der Waals surface area (Å²) in [4.78, 5) is 19.0. The van der Waals surface area contributed by atoms with Crippen molar-refractivity contribution in [1.29, 1.82) is 0 Å². The molecule has 0 spiro atoms. The van der Waals surface area contributed by atoms with Crippen LogP contribution in [0.25, 0.3) is 10.9 Å². The van der Waals surface area contributed by atoms with E-state index in [1.165, 1.54) is 0 Å². The van der Waals surface area contributed by atoms with E-state index in [9.17, 15) is 13.6 Å². The lowest BCUT2D eigenvalue weighted by Crippen LogP contribution is -2.45. The van der Waals surface area contributed by atoms with Gasteiger partial charge in [0.2, 0.25) is 0 Å². The van der Waals surface area contributed by atoms with E-state index in [1.54, 1.807) is 13.0 Å². The summed E-state index contributed by atoms with van der Waals surface area (Å²) in [6.07, 6.45) is 1.63. The van der Waals surface area contributed by atoms with Crippen molar-refractivity contribution in [3.8, 4) is 0 Å². The molecule has 1 aliphatic rings. The first-order chi connectivity index (χ1) is 11.9. The minimum Gasteiger partial charge on any atom is -0.480 e. The molecule has 1 aromatic carbocycles. The van der Waals surface area contributed by atoms with Crippen LogP contribution in [0, 0.1) is 18.6 Å². The molecule has 1 aromatic heterocycles. The van der Waals surface area contributed by atoms with Crippen LogP contribution < -0.4 is 4.90 Å². The first-order valence-corrected chi connectivity index (χ1v) is 8.29. The lowest BCUT2D eigenvalue weighted by Gasteiger charge is -2.37. The van der Waals surface area contributed by atoms with Gasteiger partial charge in [-0.25, -0.2) is 13.8 Å². The summed E-state index contributed by atoms with van der Waals surface area (Å²) >= 11 is 0. The highest BCUT2D eigenvalue weighted by Gasteiger charge is 2.25. The number of aromatic nitrogens is 1.